The van der Waals surface area contributed by atoms with Gasteiger partial charge in [0.05, 0.1) is 11.2 Å². The summed E-state index contributed by atoms with van der Waals surface area (Å²) in [6.07, 6.45) is -4.34. The van der Waals surface area contributed by atoms with Gasteiger partial charge in [0, 0.05) is 13.1 Å². The summed E-state index contributed by atoms with van der Waals surface area (Å²) in [5.41, 5.74) is -0.463. The maximum absolute atomic E-state index is 12.6. The van der Waals surface area contributed by atoms with Gasteiger partial charge in [-0.05, 0) is 24.1 Å². The maximum atomic E-state index is 12.6. The lowest BCUT2D eigenvalue weighted by Crippen LogP contribution is -2.35. The zero-order chi connectivity index (χ0) is 16.2. The number of alkyl halides is 3. The first kappa shape index (κ1) is 16.5. The average molecular weight is 309 g/mol. The Morgan fingerprint density at radius 2 is 1.59 bits per heavy atom. The van der Waals surface area contributed by atoms with Crippen molar-refractivity contribution < 1.29 is 18.3 Å². The van der Waals surface area contributed by atoms with Gasteiger partial charge in [-0.3, -0.25) is 0 Å². The van der Waals surface area contributed by atoms with E-state index in [0.29, 0.717) is 5.56 Å². The van der Waals surface area contributed by atoms with E-state index >= 15 is 0 Å². The molecule has 0 heterocycles. The third kappa shape index (κ3) is 4.32. The summed E-state index contributed by atoms with van der Waals surface area (Å²) in [6, 6.07) is 14.3. The molecule has 0 bridgehead atoms. The monoisotopic (exact) mass is 309 g/mol. The molecule has 2 rings (SSSR count). The number of hydrogen-bond donors (Lipinski definition) is 2. The van der Waals surface area contributed by atoms with Crippen LogP contribution in [0.1, 0.15) is 23.6 Å². The van der Waals surface area contributed by atoms with Crippen molar-refractivity contribution in [3.63, 3.8) is 0 Å². The van der Waals surface area contributed by atoms with Crippen LogP contribution >= 0.6 is 0 Å². The minimum Gasteiger partial charge on any atom is -0.384 e. The standard InChI is InChI=1S/C17H18F3NO/c1-16(22,14-7-3-2-4-8-14)12-21-11-13-6-5-9-15(10-13)17(18,19)20/h2-10,21-22H,11-12H2,1H3. The van der Waals surface area contributed by atoms with Crippen LogP contribution in [0, 0.1) is 0 Å². The third-order valence-corrected chi connectivity index (χ3v) is 3.45. The van der Waals surface area contributed by atoms with Gasteiger partial charge in [-0.1, -0.05) is 48.5 Å². The van der Waals surface area contributed by atoms with Crippen molar-refractivity contribution in [2.75, 3.05) is 6.54 Å². The van der Waals surface area contributed by atoms with E-state index in [0.717, 1.165) is 17.7 Å². The van der Waals surface area contributed by atoms with Gasteiger partial charge in [-0.25, -0.2) is 0 Å². The van der Waals surface area contributed by atoms with Crippen molar-refractivity contribution in [1.29, 1.82) is 0 Å². The Bertz CT molecular complexity index is 609. The van der Waals surface area contributed by atoms with Crippen LogP contribution in [0.25, 0.3) is 0 Å². The first-order valence-electron chi connectivity index (χ1n) is 6.94. The highest BCUT2D eigenvalue weighted by atomic mass is 19.4. The largest absolute Gasteiger partial charge is 0.416 e. The Balaban J connectivity index is 1.97. The number of nitrogens with one attached hydrogen (secondary N) is 1. The molecule has 0 aliphatic carbocycles. The molecule has 0 spiro atoms. The highest BCUT2D eigenvalue weighted by Crippen LogP contribution is 2.29. The number of rotatable bonds is 5. The van der Waals surface area contributed by atoms with E-state index in [-0.39, 0.29) is 13.1 Å². The molecule has 1 atom stereocenters. The number of halogens is 3. The van der Waals surface area contributed by atoms with Crippen molar-refractivity contribution in [2.24, 2.45) is 0 Å². The van der Waals surface area contributed by atoms with Gasteiger partial charge in [-0.15, -0.1) is 0 Å². The van der Waals surface area contributed by atoms with Crippen molar-refractivity contribution in [2.45, 2.75) is 25.2 Å². The Labute approximate surface area is 127 Å². The second-order valence-corrected chi connectivity index (χ2v) is 5.44. The average Bonchev–Trinajstić information content (AvgIpc) is 2.47. The third-order valence-electron chi connectivity index (χ3n) is 3.45. The number of benzene rings is 2. The summed E-state index contributed by atoms with van der Waals surface area (Å²) in [5.74, 6) is 0. The maximum Gasteiger partial charge on any atom is 0.416 e. The molecule has 0 aliphatic rings. The van der Waals surface area contributed by atoms with Crippen LogP contribution in [-0.4, -0.2) is 11.7 Å². The molecule has 2 aromatic carbocycles. The normalized spacial score (nSPS) is 14.6. The smallest absolute Gasteiger partial charge is 0.384 e. The van der Waals surface area contributed by atoms with Crippen molar-refractivity contribution in [3.8, 4) is 0 Å². The van der Waals surface area contributed by atoms with Crippen LogP contribution in [0.4, 0.5) is 13.2 Å². The van der Waals surface area contributed by atoms with Crippen molar-refractivity contribution in [1.82, 2.24) is 5.32 Å². The Morgan fingerprint density at radius 1 is 0.955 bits per heavy atom. The van der Waals surface area contributed by atoms with Crippen molar-refractivity contribution in [3.05, 3.63) is 71.3 Å². The summed E-state index contributed by atoms with van der Waals surface area (Å²) < 4.78 is 37.9. The lowest BCUT2D eigenvalue weighted by atomic mass is 9.96. The summed E-state index contributed by atoms with van der Waals surface area (Å²) in [4.78, 5) is 0. The minimum absolute atomic E-state index is 0.243. The van der Waals surface area contributed by atoms with E-state index in [1.807, 2.05) is 30.3 Å². The molecule has 0 amide bonds. The molecule has 0 saturated carbocycles. The zero-order valence-corrected chi connectivity index (χ0v) is 12.2. The second kappa shape index (κ2) is 6.50. The SMILES string of the molecule is CC(O)(CNCc1cccc(C(F)(F)F)c1)c1ccccc1. The molecule has 0 fully saturated rings. The highest BCUT2D eigenvalue weighted by Gasteiger charge is 2.30. The molecule has 0 saturated heterocycles. The Kier molecular flexibility index (Phi) is 4.88. The summed E-state index contributed by atoms with van der Waals surface area (Å²) in [6.45, 7) is 2.17. The summed E-state index contributed by atoms with van der Waals surface area (Å²) in [5, 5.41) is 13.4. The number of aliphatic hydroxyl groups is 1. The van der Waals surface area contributed by atoms with Crippen LogP contribution < -0.4 is 5.32 Å². The molecule has 2 aromatic rings. The van der Waals surface area contributed by atoms with E-state index in [1.54, 1.807) is 13.0 Å². The molecule has 0 aliphatic heterocycles. The predicted molar refractivity (Wildman–Crippen MR) is 79.2 cm³/mol. The van der Waals surface area contributed by atoms with Gasteiger partial charge in [0.15, 0.2) is 0 Å². The fourth-order valence-electron chi connectivity index (χ4n) is 2.21. The van der Waals surface area contributed by atoms with E-state index in [2.05, 4.69) is 5.32 Å². The fourth-order valence-corrected chi connectivity index (χ4v) is 2.21. The molecule has 118 valence electrons. The molecule has 2 nitrogen and oxygen atoms in total. The molecule has 1 unspecified atom stereocenters. The molecule has 0 aromatic heterocycles. The van der Waals surface area contributed by atoms with Gasteiger partial charge >= 0.3 is 6.18 Å². The minimum atomic E-state index is -4.34. The lowest BCUT2D eigenvalue weighted by Gasteiger charge is -2.24. The van der Waals surface area contributed by atoms with Crippen LogP contribution in [-0.2, 0) is 18.3 Å². The quantitative estimate of drug-likeness (QED) is 0.882. The van der Waals surface area contributed by atoms with E-state index in [4.69, 9.17) is 0 Å². The Hall–Kier alpha value is -1.85. The van der Waals surface area contributed by atoms with Crippen LogP contribution in [0.3, 0.4) is 0 Å². The molecular formula is C17H18F3NO. The first-order chi connectivity index (χ1) is 10.3. The number of hydrogen-bond acceptors (Lipinski definition) is 2. The predicted octanol–water partition coefficient (Wildman–Crippen LogP) is 3.70. The van der Waals surface area contributed by atoms with Crippen molar-refractivity contribution >= 4 is 0 Å². The van der Waals surface area contributed by atoms with Gasteiger partial charge in [-0.2, -0.15) is 13.2 Å². The van der Waals surface area contributed by atoms with Gasteiger partial charge in [0.2, 0.25) is 0 Å². The van der Waals surface area contributed by atoms with Gasteiger partial charge in [0.1, 0.15) is 0 Å². The van der Waals surface area contributed by atoms with Crippen LogP contribution in [0.2, 0.25) is 0 Å². The summed E-state index contributed by atoms with van der Waals surface area (Å²) >= 11 is 0. The Morgan fingerprint density at radius 3 is 2.23 bits per heavy atom. The highest BCUT2D eigenvalue weighted by molar-refractivity contribution is 5.26. The lowest BCUT2D eigenvalue weighted by molar-refractivity contribution is -0.137. The zero-order valence-electron chi connectivity index (χ0n) is 12.2. The van der Waals surface area contributed by atoms with Crippen LogP contribution in [0.5, 0.6) is 0 Å². The first-order valence-corrected chi connectivity index (χ1v) is 6.94. The molecule has 22 heavy (non-hydrogen) atoms. The van der Waals surface area contributed by atoms with E-state index in [9.17, 15) is 18.3 Å². The molecule has 2 N–H and O–H groups in total. The second-order valence-electron chi connectivity index (χ2n) is 5.44. The van der Waals surface area contributed by atoms with Gasteiger partial charge in [0.25, 0.3) is 0 Å². The van der Waals surface area contributed by atoms with Crippen LogP contribution in [0.15, 0.2) is 54.6 Å². The topological polar surface area (TPSA) is 32.3 Å². The van der Waals surface area contributed by atoms with Gasteiger partial charge < -0.3 is 10.4 Å². The summed E-state index contributed by atoms with van der Waals surface area (Å²) in [7, 11) is 0. The molecule has 0 radical (unpaired) electrons. The van der Waals surface area contributed by atoms with E-state index < -0.39 is 17.3 Å². The van der Waals surface area contributed by atoms with E-state index in [1.165, 1.54) is 6.07 Å². The fraction of sp³-hybridized carbons (Fsp3) is 0.294. The molecule has 5 heteroatoms. The molecular weight excluding hydrogens is 291 g/mol.